The highest BCUT2D eigenvalue weighted by molar-refractivity contribution is 7.88. The Bertz CT molecular complexity index is 1270. The summed E-state index contributed by atoms with van der Waals surface area (Å²) in [4.78, 5) is 8.48. The van der Waals surface area contributed by atoms with E-state index in [1.807, 2.05) is 13.8 Å². The molecule has 0 aliphatic carbocycles. The Kier molecular flexibility index (Phi) is 6.55. The van der Waals surface area contributed by atoms with E-state index in [0.29, 0.717) is 42.6 Å². The van der Waals surface area contributed by atoms with Gasteiger partial charge in [0.25, 0.3) is 0 Å². The second-order valence-corrected chi connectivity index (χ2v) is 10.6. The fourth-order valence-corrected chi connectivity index (χ4v) is 4.98. The molecule has 4 rings (SSSR count). The molecule has 1 aromatic carbocycles. The van der Waals surface area contributed by atoms with E-state index in [1.165, 1.54) is 22.8 Å². The Morgan fingerprint density at radius 2 is 1.91 bits per heavy atom. The van der Waals surface area contributed by atoms with Crippen LogP contribution in [0, 0.1) is 19.7 Å². The number of benzene rings is 1. The number of nitrogens with zero attached hydrogens (tertiary/aromatic N) is 4. The third-order valence-electron chi connectivity index (χ3n) is 5.66. The minimum Gasteiger partial charge on any atom is -0.322 e. The van der Waals surface area contributed by atoms with Gasteiger partial charge >= 0.3 is 0 Å². The number of rotatable bonds is 6. The van der Waals surface area contributed by atoms with Crippen LogP contribution in [0.25, 0.3) is 0 Å². The van der Waals surface area contributed by atoms with Crippen molar-refractivity contribution in [3.8, 4) is 0 Å². The van der Waals surface area contributed by atoms with Gasteiger partial charge in [0.05, 0.1) is 18.1 Å². The monoisotopic (exact) mass is 493 g/mol. The van der Waals surface area contributed by atoms with Gasteiger partial charge in [-0.1, -0.05) is 11.6 Å². The molecule has 0 bridgehead atoms. The minimum atomic E-state index is -3.20. The van der Waals surface area contributed by atoms with E-state index in [2.05, 4.69) is 30.8 Å². The molecule has 0 radical (unpaired) electrons. The first-order valence-electron chi connectivity index (χ1n) is 10.4. The summed E-state index contributed by atoms with van der Waals surface area (Å²) in [6.07, 6.45) is 3.95. The van der Waals surface area contributed by atoms with Gasteiger partial charge < -0.3 is 10.6 Å². The number of hydrogen-bond acceptors (Lipinski definition) is 7. The normalized spacial score (nSPS) is 15.5. The number of sulfonamides is 1. The Morgan fingerprint density at radius 3 is 2.55 bits per heavy atom. The Morgan fingerprint density at radius 1 is 1.18 bits per heavy atom. The van der Waals surface area contributed by atoms with Crippen molar-refractivity contribution >= 4 is 44.9 Å². The standard InChI is InChI=1S/C21H25ClFN7O2S/c1-12-8-18(17(23)10-15(12)14-4-6-30(7-5-14)33(3,31)32)25-21-24-11-16(22)20(27-21)26-19-9-13(2)28-29-19/h8-11,14H,4-7H2,1-3H3,(H3,24,25,26,27,28,29). The van der Waals surface area contributed by atoms with Crippen molar-refractivity contribution < 1.29 is 12.8 Å². The SMILES string of the molecule is Cc1cc(Nc2nc(Nc3cc(C)c(C4CCN(S(C)(=O)=O)CC4)cc3F)ncc2Cl)n[nH]1. The summed E-state index contributed by atoms with van der Waals surface area (Å²) in [5.74, 6) is 0.740. The number of H-pyrrole nitrogens is 1. The zero-order valence-electron chi connectivity index (χ0n) is 18.5. The summed E-state index contributed by atoms with van der Waals surface area (Å²) in [7, 11) is -3.20. The van der Waals surface area contributed by atoms with Crippen molar-refractivity contribution in [1.29, 1.82) is 0 Å². The third-order valence-corrected chi connectivity index (χ3v) is 7.24. The molecule has 1 saturated heterocycles. The van der Waals surface area contributed by atoms with Gasteiger partial charge in [-0.15, -0.1) is 0 Å². The van der Waals surface area contributed by atoms with Crippen LogP contribution in [0.3, 0.4) is 0 Å². The van der Waals surface area contributed by atoms with Gasteiger partial charge in [-0.05, 0) is 55.9 Å². The lowest BCUT2D eigenvalue weighted by atomic mass is 9.87. The van der Waals surface area contributed by atoms with Crippen molar-refractivity contribution in [2.75, 3.05) is 30.0 Å². The molecule has 0 unspecified atom stereocenters. The Balaban J connectivity index is 1.50. The van der Waals surface area contributed by atoms with E-state index in [9.17, 15) is 12.8 Å². The van der Waals surface area contributed by atoms with E-state index < -0.39 is 15.8 Å². The van der Waals surface area contributed by atoms with Crippen molar-refractivity contribution in [2.45, 2.75) is 32.6 Å². The van der Waals surface area contributed by atoms with Crippen LogP contribution in [0.5, 0.6) is 0 Å². The molecule has 1 aliphatic heterocycles. The van der Waals surface area contributed by atoms with Crippen LogP contribution in [0.1, 0.15) is 35.6 Å². The van der Waals surface area contributed by atoms with Crippen LogP contribution in [0.4, 0.5) is 27.7 Å². The highest BCUT2D eigenvalue weighted by Gasteiger charge is 2.27. The zero-order valence-corrected chi connectivity index (χ0v) is 20.1. The smallest absolute Gasteiger partial charge is 0.229 e. The molecule has 1 fully saturated rings. The molecule has 0 spiro atoms. The molecule has 176 valence electrons. The Hall–Kier alpha value is -2.76. The predicted molar refractivity (Wildman–Crippen MR) is 126 cm³/mol. The first-order chi connectivity index (χ1) is 15.6. The number of aromatic amines is 1. The molecule has 0 saturated carbocycles. The fraction of sp³-hybridized carbons (Fsp3) is 0.381. The van der Waals surface area contributed by atoms with Crippen LogP contribution in [-0.4, -0.2) is 52.2 Å². The number of hydrogen-bond donors (Lipinski definition) is 3. The van der Waals surface area contributed by atoms with Crippen molar-refractivity contribution in [3.63, 3.8) is 0 Å². The summed E-state index contributed by atoms with van der Waals surface area (Å²) in [6.45, 7) is 4.66. The highest BCUT2D eigenvalue weighted by atomic mass is 35.5. The average Bonchev–Trinajstić information content (AvgIpc) is 3.17. The number of aryl methyl sites for hydroxylation is 2. The molecule has 3 heterocycles. The maximum Gasteiger partial charge on any atom is 0.229 e. The highest BCUT2D eigenvalue weighted by Crippen LogP contribution is 2.34. The van der Waals surface area contributed by atoms with Gasteiger partial charge in [-0.3, -0.25) is 5.10 Å². The molecule has 9 nitrogen and oxygen atoms in total. The molecule has 1 aliphatic rings. The van der Waals surface area contributed by atoms with Crippen LogP contribution >= 0.6 is 11.6 Å². The lowest BCUT2D eigenvalue weighted by Crippen LogP contribution is -2.37. The first-order valence-corrected chi connectivity index (χ1v) is 12.7. The summed E-state index contributed by atoms with van der Waals surface area (Å²) in [6, 6.07) is 5.03. The van der Waals surface area contributed by atoms with Gasteiger partial charge in [-0.2, -0.15) is 10.1 Å². The lowest BCUT2D eigenvalue weighted by molar-refractivity contribution is 0.320. The number of anilines is 4. The van der Waals surface area contributed by atoms with Crippen LogP contribution in [0.15, 0.2) is 24.4 Å². The van der Waals surface area contributed by atoms with E-state index >= 15 is 0 Å². The second kappa shape index (κ2) is 9.24. The lowest BCUT2D eigenvalue weighted by Gasteiger charge is -2.31. The Labute approximate surface area is 196 Å². The topological polar surface area (TPSA) is 116 Å². The predicted octanol–water partition coefficient (Wildman–Crippen LogP) is 4.24. The molecule has 33 heavy (non-hydrogen) atoms. The van der Waals surface area contributed by atoms with E-state index in [0.717, 1.165) is 16.8 Å². The maximum absolute atomic E-state index is 15.0. The molecular weight excluding hydrogens is 469 g/mol. The largest absolute Gasteiger partial charge is 0.322 e. The van der Waals surface area contributed by atoms with Gasteiger partial charge in [0.1, 0.15) is 10.8 Å². The van der Waals surface area contributed by atoms with E-state index in [4.69, 9.17) is 11.6 Å². The molecule has 0 amide bonds. The second-order valence-electron chi connectivity index (χ2n) is 8.20. The van der Waals surface area contributed by atoms with Crippen molar-refractivity contribution in [1.82, 2.24) is 24.5 Å². The molecule has 0 atom stereocenters. The van der Waals surface area contributed by atoms with Crippen molar-refractivity contribution in [2.24, 2.45) is 0 Å². The van der Waals surface area contributed by atoms with E-state index in [1.54, 1.807) is 12.1 Å². The van der Waals surface area contributed by atoms with Crippen LogP contribution < -0.4 is 10.6 Å². The van der Waals surface area contributed by atoms with Crippen molar-refractivity contribution in [3.05, 3.63) is 52.1 Å². The molecule has 2 aromatic heterocycles. The molecule has 12 heteroatoms. The first kappa shape index (κ1) is 23.4. The summed E-state index contributed by atoms with van der Waals surface area (Å²) < 4.78 is 39.9. The summed E-state index contributed by atoms with van der Waals surface area (Å²) in [5, 5.41) is 13.1. The van der Waals surface area contributed by atoms with E-state index in [-0.39, 0.29) is 17.6 Å². The number of piperidine rings is 1. The van der Waals surface area contributed by atoms with Crippen LogP contribution in [-0.2, 0) is 10.0 Å². The summed E-state index contributed by atoms with van der Waals surface area (Å²) >= 11 is 6.19. The average molecular weight is 494 g/mol. The van der Waals surface area contributed by atoms with Gasteiger partial charge in [0.15, 0.2) is 11.6 Å². The van der Waals surface area contributed by atoms with Gasteiger partial charge in [0.2, 0.25) is 16.0 Å². The minimum absolute atomic E-state index is 0.103. The zero-order chi connectivity index (χ0) is 23.8. The fourth-order valence-electron chi connectivity index (χ4n) is 3.97. The number of halogens is 2. The van der Waals surface area contributed by atoms with Gasteiger partial charge in [0, 0.05) is 24.8 Å². The third kappa shape index (κ3) is 5.43. The maximum atomic E-state index is 15.0. The molecule has 3 aromatic rings. The molecule has 3 N–H and O–H groups in total. The molecular formula is C21H25ClFN7O2S. The summed E-state index contributed by atoms with van der Waals surface area (Å²) in [5.41, 5.74) is 2.92. The number of nitrogens with one attached hydrogen (secondary N) is 3. The quantitative estimate of drug-likeness (QED) is 0.470. The number of aromatic nitrogens is 4. The van der Waals surface area contributed by atoms with Gasteiger partial charge in [-0.25, -0.2) is 22.1 Å². The van der Waals surface area contributed by atoms with Crippen LogP contribution in [0.2, 0.25) is 5.02 Å².